The summed E-state index contributed by atoms with van der Waals surface area (Å²) in [6.07, 6.45) is 0.745. The van der Waals surface area contributed by atoms with Gasteiger partial charge in [0.05, 0.1) is 24.7 Å². The van der Waals surface area contributed by atoms with E-state index in [1.54, 1.807) is 32.5 Å². The van der Waals surface area contributed by atoms with Gasteiger partial charge in [-0.15, -0.1) is 0 Å². The van der Waals surface area contributed by atoms with E-state index in [0.717, 1.165) is 30.3 Å². The normalized spacial score (nSPS) is 13.8. The minimum Gasteiger partial charge on any atom is -0.480 e. The molecule has 12 heteroatoms. The lowest BCUT2D eigenvalue weighted by atomic mass is 10.1. The number of nitrogens with zero attached hydrogens (tertiary/aromatic N) is 7. The number of fused-ring (bicyclic) bond motifs is 1. The average molecular weight is 521 g/mol. The zero-order chi connectivity index (χ0) is 26.6. The van der Waals surface area contributed by atoms with E-state index in [0.29, 0.717) is 57.7 Å². The molecule has 1 N–H and O–H groups in total. The van der Waals surface area contributed by atoms with Crippen molar-refractivity contribution in [3.05, 3.63) is 65.1 Å². The Labute approximate surface area is 215 Å². The molecule has 5 aromatic rings. The number of methoxy groups -OCH3 is 1. The topological polar surface area (TPSA) is 107 Å². The molecule has 1 fully saturated rings. The molecule has 4 heterocycles. The molecule has 9 nitrogen and oxygen atoms in total. The summed E-state index contributed by atoms with van der Waals surface area (Å²) >= 11 is 0. The maximum Gasteiger partial charge on any atom is 0.434 e. The molecule has 0 radical (unpaired) electrons. The van der Waals surface area contributed by atoms with Gasteiger partial charge in [-0.3, -0.25) is 5.10 Å². The van der Waals surface area contributed by atoms with E-state index in [2.05, 4.69) is 30.1 Å². The first-order valence-electron chi connectivity index (χ1n) is 12.0. The molecule has 38 heavy (non-hydrogen) atoms. The minimum atomic E-state index is -4.49. The Morgan fingerprint density at radius 2 is 1.84 bits per heavy atom. The molecule has 4 aromatic heterocycles. The Balaban J connectivity index is 1.32. The molecule has 0 bridgehead atoms. The molecule has 6 rings (SSSR count). The van der Waals surface area contributed by atoms with Gasteiger partial charge in [-0.05, 0) is 25.3 Å². The van der Waals surface area contributed by atoms with Gasteiger partial charge < -0.3 is 9.30 Å². The van der Waals surface area contributed by atoms with Gasteiger partial charge in [-0.2, -0.15) is 23.3 Å². The monoisotopic (exact) mass is 520 g/mol. The molecule has 0 amide bonds. The molecule has 1 aliphatic carbocycles. The number of alkyl halides is 3. The number of aromatic amines is 1. The maximum absolute atomic E-state index is 13.1. The van der Waals surface area contributed by atoms with E-state index in [1.807, 2.05) is 19.1 Å². The van der Waals surface area contributed by atoms with Crippen molar-refractivity contribution in [3.63, 3.8) is 0 Å². The highest BCUT2D eigenvalue weighted by molar-refractivity contribution is 5.80. The highest BCUT2D eigenvalue weighted by atomic mass is 19.4. The Morgan fingerprint density at radius 1 is 1.08 bits per heavy atom. The third kappa shape index (κ3) is 4.35. The Hall–Kier alpha value is -4.35. The van der Waals surface area contributed by atoms with Crippen molar-refractivity contribution in [3.8, 4) is 28.7 Å². The van der Waals surface area contributed by atoms with Crippen LogP contribution < -0.4 is 4.74 Å². The average Bonchev–Trinajstić information content (AvgIpc) is 3.56. The van der Waals surface area contributed by atoms with Crippen LogP contribution in [0, 0.1) is 6.92 Å². The molecule has 0 unspecified atom stereocenters. The molecule has 0 aliphatic heterocycles. The van der Waals surface area contributed by atoms with Crippen molar-refractivity contribution in [2.24, 2.45) is 7.05 Å². The van der Waals surface area contributed by atoms with Gasteiger partial charge in [-0.1, -0.05) is 24.3 Å². The van der Waals surface area contributed by atoms with E-state index in [1.165, 1.54) is 4.57 Å². The second-order valence-electron chi connectivity index (χ2n) is 9.37. The molecule has 1 saturated carbocycles. The summed E-state index contributed by atoms with van der Waals surface area (Å²) in [6.45, 7) is 1.84. The van der Waals surface area contributed by atoms with Crippen LogP contribution in [-0.4, -0.2) is 46.8 Å². The van der Waals surface area contributed by atoms with Gasteiger partial charge in [0.2, 0.25) is 5.88 Å². The van der Waals surface area contributed by atoms with Crippen molar-refractivity contribution in [1.29, 1.82) is 0 Å². The van der Waals surface area contributed by atoms with Crippen LogP contribution in [0.2, 0.25) is 0 Å². The van der Waals surface area contributed by atoms with Crippen molar-refractivity contribution in [2.75, 3.05) is 7.11 Å². The number of aromatic nitrogens is 8. The molecule has 0 spiro atoms. The fraction of sp³-hybridized carbons (Fsp3) is 0.308. The molecule has 1 aliphatic rings. The first-order valence-corrected chi connectivity index (χ1v) is 12.0. The van der Waals surface area contributed by atoms with E-state index >= 15 is 0 Å². The fourth-order valence-corrected chi connectivity index (χ4v) is 4.52. The predicted octanol–water partition coefficient (Wildman–Crippen LogP) is 5.01. The predicted molar refractivity (Wildman–Crippen MR) is 132 cm³/mol. The Kier molecular flexibility index (Phi) is 5.62. The number of H-pyrrole nitrogens is 1. The minimum absolute atomic E-state index is 0.243. The first-order chi connectivity index (χ1) is 18.2. The standard InChI is InChI=1S/C26H23F3N8O/c1-13-31-21(15-8-9-15)20(25(32-13)38-3)23-30-11-18-22(34-23)17(35-36-18)10-14-4-6-16(7-5-14)24-33-19(12-37(24)2)26(27,28)29/h4-7,11-12,15H,8-10H2,1-3H3,(H,35,36). The van der Waals surface area contributed by atoms with Gasteiger partial charge in [0, 0.05) is 31.1 Å². The Morgan fingerprint density at radius 3 is 2.50 bits per heavy atom. The van der Waals surface area contributed by atoms with Gasteiger partial charge in [0.1, 0.15) is 28.2 Å². The van der Waals surface area contributed by atoms with Gasteiger partial charge >= 0.3 is 6.18 Å². The largest absolute Gasteiger partial charge is 0.480 e. The zero-order valence-corrected chi connectivity index (χ0v) is 20.8. The van der Waals surface area contributed by atoms with E-state index in [-0.39, 0.29) is 5.82 Å². The molecule has 0 atom stereocenters. The number of hydrogen-bond acceptors (Lipinski definition) is 7. The number of rotatable bonds is 6. The smallest absolute Gasteiger partial charge is 0.434 e. The maximum atomic E-state index is 13.1. The highest BCUT2D eigenvalue weighted by Crippen LogP contribution is 2.45. The SMILES string of the molecule is COc1nc(C)nc(C2CC2)c1-c1ncc2[nH]nc(Cc3ccc(-c4nc(C(F)(F)F)cn4C)cc3)c2n1. The van der Waals surface area contributed by atoms with Crippen LogP contribution >= 0.6 is 0 Å². The number of halogens is 3. The number of ether oxygens (including phenoxy) is 1. The number of aryl methyl sites for hydroxylation is 2. The third-order valence-corrected chi connectivity index (χ3v) is 6.52. The summed E-state index contributed by atoms with van der Waals surface area (Å²) in [5.41, 5.74) is 4.26. The molecule has 194 valence electrons. The molecule has 0 saturated heterocycles. The fourth-order valence-electron chi connectivity index (χ4n) is 4.52. The lowest BCUT2D eigenvalue weighted by Crippen LogP contribution is -2.05. The summed E-state index contributed by atoms with van der Waals surface area (Å²) in [7, 11) is 3.11. The van der Waals surface area contributed by atoms with Gasteiger partial charge in [0.25, 0.3) is 0 Å². The second kappa shape index (κ2) is 8.89. The summed E-state index contributed by atoms with van der Waals surface area (Å²) in [6, 6.07) is 7.21. The summed E-state index contributed by atoms with van der Waals surface area (Å²) in [5.74, 6) is 2.15. The van der Waals surface area contributed by atoms with Crippen LogP contribution in [0.25, 0.3) is 33.8 Å². The molecular formula is C26H23F3N8O. The number of hydrogen-bond donors (Lipinski definition) is 1. The van der Waals surface area contributed by atoms with Crippen molar-refractivity contribution in [1.82, 2.24) is 39.7 Å². The van der Waals surface area contributed by atoms with E-state index in [4.69, 9.17) is 9.72 Å². The van der Waals surface area contributed by atoms with Crippen LogP contribution in [0.15, 0.2) is 36.7 Å². The number of benzene rings is 1. The Bertz CT molecular complexity index is 1650. The van der Waals surface area contributed by atoms with E-state index in [9.17, 15) is 13.2 Å². The van der Waals surface area contributed by atoms with E-state index < -0.39 is 11.9 Å². The quantitative estimate of drug-likeness (QED) is 0.335. The summed E-state index contributed by atoms with van der Waals surface area (Å²) in [5, 5.41) is 7.42. The van der Waals surface area contributed by atoms with Crippen LogP contribution in [0.1, 0.15) is 47.2 Å². The highest BCUT2D eigenvalue weighted by Gasteiger charge is 2.35. The van der Waals surface area contributed by atoms with Crippen LogP contribution in [0.4, 0.5) is 13.2 Å². The summed E-state index contributed by atoms with van der Waals surface area (Å²) in [4.78, 5) is 22.3. The molecule has 1 aromatic carbocycles. The van der Waals surface area contributed by atoms with Gasteiger partial charge in [0.15, 0.2) is 11.5 Å². The lowest BCUT2D eigenvalue weighted by Gasteiger charge is -2.12. The van der Waals surface area contributed by atoms with Crippen LogP contribution in [-0.2, 0) is 19.6 Å². The lowest BCUT2D eigenvalue weighted by molar-refractivity contribution is -0.140. The zero-order valence-electron chi connectivity index (χ0n) is 20.8. The van der Waals surface area contributed by atoms with Crippen LogP contribution in [0.5, 0.6) is 5.88 Å². The van der Waals surface area contributed by atoms with Crippen molar-refractivity contribution < 1.29 is 17.9 Å². The third-order valence-electron chi connectivity index (χ3n) is 6.52. The number of nitrogens with one attached hydrogen (secondary N) is 1. The van der Waals surface area contributed by atoms with Crippen molar-refractivity contribution in [2.45, 2.75) is 38.3 Å². The first kappa shape index (κ1) is 24.0. The van der Waals surface area contributed by atoms with Crippen LogP contribution in [0.3, 0.4) is 0 Å². The van der Waals surface area contributed by atoms with Gasteiger partial charge in [-0.25, -0.2) is 19.9 Å². The van der Waals surface area contributed by atoms with Crippen molar-refractivity contribution >= 4 is 11.0 Å². The second-order valence-corrected chi connectivity index (χ2v) is 9.37. The summed E-state index contributed by atoms with van der Waals surface area (Å²) < 4.78 is 46.1. The number of imidazole rings is 1. The molecular weight excluding hydrogens is 497 g/mol.